The van der Waals surface area contributed by atoms with Crippen LogP contribution in [0.15, 0.2) is 54.3 Å². The van der Waals surface area contributed by atoms with Crippen molar-refractivity contribution in [2.75, 3.05) is 6.54 Å². The maximum atomic E-state index is 13.4. The Morgan fingerprint density at radius 1 is 1.06 bits per heavy atom. The van der Waals surface area contributed by atoms with E-state index in [1.54, 1.807) is 51.1 Å². The van der Waals surface area contributed by atoms with E-state index in [0.717, 1.165) is 24.0 Å². The number of rotatable bonds is 9. The van der Waals surface area contributed by atoms with E-state index in [1.165, 1.54) is 0 Å². The van der Waals surface area contributed by atoms with Crippen LogP contribution in [0.1, 0.15) is 96.9 Å². The van der Waals surface area contributed by atoms with E-state index in [1.807, 2.05) is 12.1 Å². The van der Waals surface area contributed by atoms with E-state index < -0.39 is 55.2 Å². The second kappa shape index (κ2) is 13.0. The van der Waals surface area contributed by atoms with Crippen molar-refractivity contribution in [1.29, 1.82) is 0 Å². The first-order valence-electron chi connectivity index (χ1n) is 18.1. The average molecular weight is 720 g/mol. The summed E-state index contributed by atoms with van der Waals surface area (Å²) in [5.74, 6) is 0.916. The van der Waals surface area contributed by atoms with Gasteiger partial charge in [0.25, 0.3) is 14.2 Å². The van der Waals surface area contributed by atoms with Crippen LogP contribution in [0.25, 0.3) is 0 Å². The third-order valence-corrected chi connectivity index (χ3v) is 16.0. The molecule has 2 bridgehead atoms. The van der Waals surface area contributed by atoms with Gasteiger partial charge in [0.2, 0.25) is 6.10 Å². The number of aliphatic hydroxyl groups is 1. The second-order valence-electron chi connectivity index (χ2n) is 17.2. The minimum absolute atomic E-state index is 0.0344. The van der Waals surface area contributed by atoms with E-state index in [4.69, 9.17) is 23.4 Å². The number of nitrogens with one attached hydrogen (secondary N) is 1. The Hall–Kier alpha value is -3.83. The normalized spacial score (nSPS) is 26.9. The van der Waals surface area contributed by atoms with Gasteiger partial charge in [-0.2, -0.15) is 0 Å². The number of hydrogen-bond acceptors (Lipinski definition) is 9. The smallest absolute Gasteiger partial charge is 0.509 e. The van der Waals surface area contributed by atoms with Crippen molar-refractivity contribution >= 4 is 26.3 Å². The largest absolute Gasteiger partial charge is 0.541 e. The zero-order chi connectivity index (χ0) is 37.1. The summed E-state index contributed by atoms with van der Waals surface area (Å²) in [6.07, 6.45) is 1.43. The van der Waals surface area contributed by atoms with Crippen molar-refractivity contribution in [3.63, 3.8) is 0 Å². The number of esters is 1. The van der Waals surface area contributed by atoms with Gasteiger partial charge < -0.3 is 33.8 Å². The Bertz CT molecular complexity index is 1730. The lowest BCUT2D eigenvalue weighted by molar-refractivity contribution is -0.170. The van der Waals surface area contributed by atoms with Crippen molar-refractivity contribution in [1.82, 2.24) is 5.32 Å². The van der Waals surface area contributed by atoms with Crippen LogP contribution in [0.5, 0.6) is 11.5 Å². The lowest BCUT2D eigenvalue weighted by Gasteiger charge is -2.61. The fourth-order valence-electron chi connectivity index (χ4n) is 8.15. The molecule has 3 aliphatic carbocycles. The molecular weight excluding hydrogens is 667 g/mol. The minimum atomic E-state index is -2.25. The number of ether oxygens (including phenoxy) is 4. The van der Waals surface area contributed by atoms with Crippen LogP contribution in [0, 0.1) is 11.8 Å². The van der Waals surface area contributed by atoms with Crippen LogP contribution in [-0.2, 0) is 35.6 Å². The first-order chi connectivity index (χ1) is 23.8. The van der Waals surface area contributed by atoms with Crippen molar-refractivity contribution in [2.24, 2.45) is 11.8 Å². The third kappa shape index (κ3) is 6.56. The summed E-state index contributed by atoms with van der Waals surface area (Å²) in [5.41, 5.74) is -0.0206. The van der Waals surface area contributed by atoms with E-state index in [2.05, 4.69) is 52.2 Å². The van der Waals surface area contributed by atoms with Gasteiger partial charge in [-0.05, 0) is 94.1 Å². The SMILES string of the molecule is CC1CC[C@]23c4c5ccc(O[Si](C)(C)C(C)(C)C)c4O[C@H]2C(OC(=O)CCNC(=O)[C@@H](OC(=O)OC(C)(C)C)c2ccccc2)=CC[C@@]3(O)[C@H]1C5. The number of benzene rings is 2. The molecule has 2 N–H and O–H groups in total. The molecule has 6 rings (SSSR count). The molecule has 6 atom stereocenters. The fraction of sp³-hybridized carbons (Fsp3) is 0.575. The maximum absolute atomic E-state index is 13.4. The third-order valence-electron chi connectivity index (χ3n) is 11.7. The quantitative estimate of drug-likeness (QED) is 0.201. The molecule has 2 aromatic rings. The van der Waals surface area contributed by atoms with E-state index in [9.17, 15) is 19.5 Å². The average Bonchev–Trinajstić information content (AvgIpc) is 3.39. The van der Waals surface area contributed by atoms with Gasteiger partial charge in [-0.15, -0.1) is 0 Å². The fourth-order valence-corrected chi connectivity index (χ4v) is 9.16. The van der Waals surface area contributed by atoms with E-state index in [0.29, 0.717) is 41.6 Å². The van der Waals surface area contributed by atoms with Crippen molar-refractivity contribution in [2.45, 2.75) is 128 Å². The van der Waals surface area contributed by atoms with Gasteiger partial charge in [-0.25, -0.2) is 4.79 Å². The predicted octanol–water partition coefficient (Wildman–Crippen LogP) is 7.43. The van der Waals surface area contributed by atoms with Gasteiger partial charge >= 0.3 is 12.1 Å². The van der Waals surface area contributed by atoms with Crippen LogP contribution >= 0.6 is 0 Å². The molecule has 1 amide bonds. The molecular formula is C40H53NO9Si. The van der Waals surface area contributed by atoms with Crippen LogP contribution in [0.4, 0.5) is 4.79 Å². The molecule has 4 aliphatic rings. The van der Waals surface area contributed by atoms with Gasteiger partial charge in [0.15, 0.2) is 11.9 Å². The predicted molar refractivity (Wildman–Crippen MR) is 194 cm³/mol. The monoisotopic (exact) mass is 719 g/mol. The summed E-state index contributed by atoms with van der Waals surface area (Å²) in [7, 11) is -2.25. The zero-order valence-electron chi connectivity index (χ0n) is 31.4. The molecule has 1 aliphatic heterocycles. The van der Waals surface area contributed by atoms with Gasteiger partial charge in [0.1, 0.15) is 17.1 Å². The first-order valence-corrected chi connectivity index (χ1v) is 21.1. The first kappa shape index (κ1) is 36.9. The Labute approximate surface area is 302 Å². The molecule has 51 heavy (non-hydrogen) atoms. The van der Waals surface area contributed by atoms with Gasteiger partial charge in [-0.3, -0.25) is 9.59 Å². The summed E-state index contributed by atoms with van der Waals surface area (Å²) in [6.45, 7) is 18.3. The molecule has 276 valence electrons. The Morgan fingerprint density at radius 3 is 2.43 bits per heavy atom. The van der Waals surface area contributed by atoms with Crippen molar-refractivity contribution < 1.29 is 42.9 Å². The summed E-state index contributed by atoms with van der Waals surface area (Å²) < 4.78 is 30.4. The standard InChI is InChI=1S/C40H53NO9Si/c1-24-17-20-39-31-26-15-16-28(50-51(8,9)38(5,6)7)33(31)47-34(39)29(18-21-40(39,45)27(24)23-26)46-30(42)19-22-41-35(43)32(25-13-11-10-12-14-25)48-36(44)49-37(2,3)4/h10-16,18,24,27,32,34,45H,17,19-23H2,1-9H3,(H,41,43)/t24?,27-,32-,34-,39-,40+/m0/s1. The van der Waals surface area contributed by atoms with Crippen molar-refractivity contribution in [3.8, 4) is 11.5 Å². The highest BCUT2D eigenvalue weighted by Crippen LogP contribution is 2.68. The summed E-state index contributed by atoms with van der Waals surface area (Å²) in [6, 6.07) is 12.8. The maximum Gasteiger partial charge on any atom is 0.509 e. The highest BCUT2D eigenvalue weighted by atomic mass is 28.4. The van der Waals surface area contributed by atoms with Crippen LogP contribution in [0.2, 0.25) is 18.1 Å². The van der Waals surface area contributed by atoms with E-state index in [-0.39, 0.29) is 23.9 Å². The second-order valence-corrected chi connectivity index (χ2v) is 21.9. The lowest BCUT2D eigenvalue weighted by atomic mass is 9.45. The minimum Gasteiger partial charge on any atom is -0.541 e. The summed E-state index contributed by atoms with van der Waals surface area (Å²) in [5, 5.41) is 15.3. The number of carbonyl (C=O) groups is 3. The molecule has 0 radical (unpaired) electrons. The molecule has 10 nitrogen and oxygen atoms in total. The van der Waals surface area contributed by atoms with Gasteiger partial charge in [0.05, 0.1) is 17.4 Å². The molecule has 1 unspecified atom stereocenters. The zero-order valence-corrected chi connectivity index (χ0v) is 32.4. The van der Waals surface area contributed by atoms with E-state index >= 15 is 0 Å². The lowest BCUT2D eigenvalue weighted by Crippen LogP contribution is -2.69. The highest BCUT2D eigenvalue weighted by molar-refractivity contribution is 6.74. The molecule has 1 heterocycles. The highest BCUT2D eigenvalue weighted by Gasteiger charge is 2.72. The van der Waals surface area contributed by atoms with Crippen LogP contribution in [0.3, 0.4) is 0 Å². The molecule has 11 heteroatoms. The van der Waals surface area contributed by atoms with Crippen LogP contribution in [-0.4, -0.2) is 55.3 Å². The van der Waals surface area contributed by atoms with Gasteiger partial charge in [-0.1, -0.05) is 64.1 Å². The number of carbonyl (C=O) groups excluding carboxylic acids is 3. The molecule has 1 fully saturated rings. The molecule has 1 saturated carbocycles. The number of amides is 1. The number of hydrogen-bond donors (Lipinski definition) is 2. The van der Waals surface area contributed by atoms with Gasteiger partial charge in [0, 0.05) is 17.7 Å². The molecule has 1 spiro atoms. The summed E-state index contributed by atoms with van der Waals surface area (Å²) in [4.78, 5) is 39.2. The topological polar surface area (TPSA) is 130 Å². The summed E-state index contributed by atoms with van der Waals surface area (Å²) >= 11 is 0. The Morgan fingerprint density at radius 2 is 1.76 bits per heavy atom. The molecule has 2 aromatic carbocycles. The van der Waals surface area contributed by atoms with Crippen LogP contribution < -0.4 is 14.5 Å². The Balaban J connectivity index is 1.20. The molecule has 0 saturated heterocycles. The molecule has 0 aromatic heterocycles. The Kier molecular flexibility index (Phi) is 9.41. The van der Waals surface area contributed by atoms with Crippen molar-refractivity contribution in [3.05, 3.63) is 71.0 Å².